The fourth-order valence-corrected chi connectivity index (χ4v) is 1.04. The summed E-state index contributed by atoms with van der Waals surface area (Å²) < 4.78 is 37.9. The second kappa shape index (κ2) is 4.09. The Kier molecular flexibility index (Phi) is 3.30. The van der Waals surface area contributed by atoms with Crippen LogP contribution in [0.1, 0.15) is 25.7 Å². The van der Waals surface area contributed by atoms with Crippen molar-refractivity contribution in [3.63, 3.8) is 0 Å². The van der Waals surface area contributed by atoms with Crippen LogP contribution in [0.25, 0.3) is 0 Å². The maximum Gasteiger partial charge on any atom is 0.522 e. The lowest BCUT2D eigenvalue weighted by Crippen LogP contribution is -2.15. The highest BCUT2D eigenvalue weighted by molar-refractivity contribution is 5.83. The summed E-state index contributed by atoms with van der Waals surface area (Å²) >= 11 is 0. The van der Waals surface area contributed by atoms with E-state index in [1.54, 1.807) is 0 Å². The quantitative estimate of drug-likeness (QED) is 0.630. The Morgan fingerprint density at radius 1 is 1.38 bits per heavy atom. The molecule has 0 atom stereocenters. The van der Waals surface area contributed by atoms with Gasteiger partial charge in [-0.25, -0.2) is 0 Å². The zero-order valence-electron chi connectivity index (χ0n) is 7.06. The van der Waals surface area contributed by atoms with Gasteiger partial charge in [0.1, 0.15) is 5.78 Å². The van der Waals surface area contributed by atoms with Crippen molar-refractivity contribution in [1.29, 1.82) is 0 Å². The van der Waals surface area contributed by atoms with Crippen molar-refractivity contribution in [1.82, 2.24) is 0 Å². The van der Waals surface area contributed by atoms with Gasteiger partial charge >= 0.3 is 6.36 Å². The van der Waals surface area contributed by atoms with Gasteiger partial charge in [0, 0.05) is 12.3 Å². The Morgan fingerprint density at radius 3 is 2.46 bits per heavy atom. The van der Waals surface area contributed by atoms with Gasteiger partial charge in [0.15, 0.2) is 0 Å². The zero-order valence-corrected chi connectivity index (χ0v) is 7.06. The van der Waals surface area contributed by atoms with Gasteiger partial charge in [-0.15, -0.1) is 13.2 Å². The van der Waals surface area contributed by atoms with Crippen molar-refractivity contribution in [2.75, 3.05) is 6.61 Å². The molecule has 1 saturated carbocycles. The summed E-state index contributed by atoms with van der Waals surface area (Å²) in [5.74, 6) is 0.205. The monoisotopic (exact) mass is 196 g/mol. The minimum absolute atomic E-state index is 0.0748. The third-order valence-corrected chi connectivity index (χ3v) is 1.87. The van der Waals surface area contributed by atoms with Crippen LogP contribution in [-0.2, 0) is 9.53 Å². The number of carbonyl (C=O) groups is 1. The fraction of sp³-hybridized carbons (Fsp3) is 0.875. The molecule has 5 heteroatoms. The number of rotatable bonds is 5. The summed E-state index contributed by atoms with van der Waals surface area (Å²) in [7, 11) is 0. The van der Waals surface area contributed by atoms with Gasteiger partial charge in [0.25, 0.3) is 0 Å². The van der Waals surface area contributed by atoms with Gasteiger partial charge < -0.3 is 0 Å². The number of ether oxygens (including phenoxy) is 1. The first-order valence-corrected chi connectivity index (χ1v) is 4.22. The highest BCUT2D eigenvalue weighted by Crippen LogP contribution is 2.31. The van der Waals surface area contributed by atoms with E-state index in [-0.39, 0.29) is 24.5 Å². The molecule has 0 aromatic heterocycles. The summed E-state index contributed by atoms with van der Waals surface area (Å²) in [6.07, 6.45) is -2.39. The van der Waals surface area contributed by atoms with Crippen LogP contribution < -0.4 is 0 Å². The molecule has 1 rings (SSSR count). The molecule has 1 aliphatic carbocycles. The normalized spacial score (nSPS) is 17.5. The zero-order chi connectivity index (χ0) is 9.90. The highest BCUT2D eigenvalue weighted by Gasteiger charge is 2.30. The number of alkyl halides is 3. The largest absolute Gasteiger partial charge is 0.522 e. The lowest BCUT2D eigenvalue weighted by atomic mass is 10.1. The first-order valence-electron chi connectivity index (χ1n) is 4.22. The van der Waals surface area contributed by atoms with Crippen LogP contribution in [0.4, 0.5) is 13.2 Å². The summed E-state index contributed by atoms with van der Waals surface area (Å²) in [4.78, 5) is 11.0. The van der Waals surface area contributed by atoms with Crippen LogP contribution in [0.5, 0.6) is 0 Å². The van der Waals surface area contributed by atoms with Gasteiger partial charge in [-0.2, -0.15) is 0 Å². The topological polar surface area (TPSA) is 26.3 Å². The lowest BCUT2D eigenvalue weighted by Gasteiger charge is -2.05. The minimum Gasteiger partial charge on any atom is -0.299 e. The van der Waals surface area contributed by atoms with E-state index in [0.29, 0.717) is 0 Å². The van der Waals surface area contributed by atoms with Crippen LogP contribution in [0.15, 0.2) is 0 Å². The maximum atomic E-state index is 11.4. The molecule has 13 heavy (non-hydrogen) atoms. The molecular formula is C8H11F3O2. The number of hydrogen-bond acceptors (Lipinski definition) is 2. The Balaban J connectivity index is 1.97. The number of ketones is 1. The molecule has 0 N–H and O–H groups in total. The summed E-state index contributed by atoms with van der Waals surface area (Å²) in [6.45, 7) is -0.415. The first-order chi connectivity index (χ1) is 5.99. The molecule has 0 heterocycles. The van der Waals surface area contributed by atoms with E-state index in [1.807, 2.05) is 0 Å². The third-order valence-electron chi connectivity index (χ3n) is 1.87. The van der Waals surface area contributed by atoms with Crippen LogP contribution in [-0.4, -0.2) is 18.8 Å². The second-order valence-electron chi connectivity index (χ2n) is 3.14. The number of carbonyl (C=O) groups excluding carboxylic acids is 1. The van der Waals surface area contributed by atoms with E-state index < -0.39 is 13.0 Å². The Morgan fingerprint density at radius 2 is 2.00 bits per heavy atom. The van der Waals surface area contributed by atoms with Gasteiger partial charge in [0.05, 0.1) is 6.61 Å². The van der Waals surface area contributed by atoms with E-state index in [0.717, 1.165) is 12.8 Å². The van der Waals surface area contributed by atoms with E-state index in [1.165, 1.54) is 0 Å². The van der Waals surface area contributed by atoms with Crippen molar-refractivity contribution in [2.45, 2.75) is 32.0 Å². The molecule has 1 aliphatic rings. The third kappa shape index (κ3) is 4.87. The van der Waals surface area contributed by atoms with Gasteiger partial charge in [-0.1, -0.05) is 0 Å². The van der Waals surface area contributed by atoms with Crippen LogP contribution in [0.3, 0.4) is 0 Å². The summed E-state index contributed by atoms with van der Waals surface area (Å²) in [5, 5.41) is 0. The molecule has 0 unspecified atom stereocenters. The molecule has 0 radical (unpaired) electrons. The molecule has 0 saturated heterocycles. The predicted octanol–water partition coefficient (Wildman–Crippen LogP) is 2.28. The molecule has 0 aliphatic heterocycles. The molecule has 0 amide bonds. The van der Waals surface area contributed by atoms with Crippen molar-refractivity contribution < 1.29 is 22.7 Å². The number of hydrogen-bond donors (Lipinski definition) is 0. The molecule has 0 bridgehead atoms. The SMILES string of the molecule is O=C(CCCOC(F)(F)F)C1CC1. The fourth-order valence-electron chi connectivity index (χ4n) is 1.04. The molecule has 0 aromatic rings. The number of halogens is 3. The highest BCUT2D eigenvalue weighted by atomic mass is 19.4. The van der Waals surface area contributed by atoms with Crippen molar-refractivity contribution >= 4 is 5.78 Å². The van der Waals surface area contributed by atoms with Crippen LogP contribution in [0, 0.1) is 5.92 Å². The smallest absolute Gasteiger partial charge is 0.299 e. The van der Waals surface area contributed by atoms with E-state index in [9.17, 15) is 18.0 Å². The van der Waals surface area contributed by atoms with Gasteiger partial charge in [-0.05, 0) is 19.3 Å². The predicted molar refractivity (Wildman–Crippen MR) is 39.0 cm³/mol. The van der Waals surface area contributed by atoms with E-state index in [4.69, 9.17) is 0 Å². The second-order valence-corrected chi connectivity index (χ2v) is 3.14. The molecule has 1 fully saturated rings. The van der Waals surface area contributed by atoms with Crippen LogP contribution >= 0.6 is 0 Å². The average molecular weight is 196 g/mol. The first kappa shape index (κ1) is 10.5. The maximum absolute atomic E-state index is 11.4. The van der Waals surface area contributed by atoms with E-state index >= 15 is 0 Å². The molecule has 0 aromatic carbocycles. The molecule has 0 spiro atoms. The van der Waals surface area contributed by atoms with Crippen molar-refractivity contribution in [2.24, 2.45) is 5.92 Å². The lowest BCUT2D eigenvalue weighted by molar-refractivity contribution is -0.324. The Hall–Kier alpha value is -0.580. The number of Topliss-reactive ketones (excluding diaryl/α,β-unsaturated/α-hetero) is 1. The summed E-state index contributed by atoms with van der Waals surface area (Å²) in [6, 6.07) is 0. The van der Waals surface area contributed by atoms with Crippen LogP contribution in [0.2, 0.25) is 0 Å². The Labute approximate surface area is 74.1 Å². The standard InChI is InChI=1S/C8H11F3O2/c9-8(10,11)13-5-1-2-7(12)6-3-4-6/h6H,1-5H2. The average Bonchev–Trinajstić information content (AvgIpc) is 2.77. The molecule has 76 valence electrons. The van der Waals surface area contributed by atoms with Crippen molar-refractivity contribution in [3.8, 4) is 0 Å². The Bertz CT molecular complexity index is 184. The molecule has 2 nitrogen and oxygen atoms in total. The van der Waals surface area contributed by atoms with Gasteiger partial charge in [0.2, 0.25) is 0 Å². The molecular weight excluding hydrogens is 185 g/mol. The van der Waals surface area contributed by atoms with Gasteiger partial charge in [-0.3, -0.25) is 9.53 Å². The van der Waals surface area contributed by atoms with E-state index in [2.05, 4.69) is 4.74 Å². The summed E-state index contributed by atoms with van der Waals surface area (Å²) in [5.41, 5.74) is 0. The van der Waals surface area contributed by atoms with Crippen molar-refractivity contribution in [3.05, 3.63) is 0 Å². The minimum atomic E-state index is -4.57.